The van der Waals surface area contributed by atoms with E-state index < -0.39 is 16.0 Å². The van der Waals surface area contributed by atoms with E-state index in [0.29, 0.717) is 19.4 Å². The quantitative estimate of drug-likeness (QED) is 0.912. The summed E-state index contributed by atoms with van der Waals surface area (Å²) in [4.78, 5) is 12.2. The van der Waals surface area contributed by atoms with Crippen molar-refractivity contribution < 1.29 is 18.3 Å². The van der Waals surface area contributed by atoms with Gasteiger partial charge in [-0.05, 0) is 35.9 Å². The summed E-state index contributed by atoms with van der Waals surface area (Å²) in [7, 11) is -3.66. The van der Waals surface area contributed by atoms with Crippen LogP contribution in [0.15, 0.2) is 27.1 Å². The van der Waals surface area contributed by atoms with Gasteiger partial charge in [-0.15, -0.1) is 22.7 Å². The monoisotopic (exact) mass is 357 g/mol. The normalized spacial score (nSPS) is 19.0. The topological polar surface area (TPSA) is 74.7 Å². The van der Waals surface area contributed by atoms with Crippen molar-refractivity contribution in [2.75, 3.05) is 6.54 Å². The van der Waals surface area contributed by atoms with E-state index in [0.717, 1.165) is 16.9 Å². The first-order valence-electron chi connectivity index (χ1n) is 6.85. The minimum Gasteiger partial charge on any atom is -0.478 e. The molecule has 0 aliphatic carbocycles. The van der Waals surface area contributed by atoms with Crippen LogP contribution in [0.25, 0.3) is 0 Å². The molecular formula is C14H15NO4S3. The maximum absolute atomic E-state index is 12.9. The van der Waals surface area contributed by atoms with Crippen LogP contribution in [0, 0.1) is 0 Å². The molecule has 118 valence electrons. The summed E-state index contributed by atoms with van der Waals surface area (Å²) in [6.07, 6.45) is 1.40. The Balaban J connectivity index is 1.99. The van der Waals surface area contributed by atoms with Crippen LogP contribution in [0.2, 0.25) is 0 Å². The molecule has 0 fully saturated rings. The zero-order chi connectivity index (χ0) is 15.9. The number of hydrogen-bond acceptors (Lipinski definition) is 5. The molecule has 0 saturated carbocycles. The minimum absolute atomic E-state index is 0.0184. The molecule has 0 aromatic carbocycles. The Hall–Kier alpha value is -1.22. The maximum atomic E-state index is 12.9. The van der Waals surface area contributed by atoms with Crippen LogP contribution < -0.4 is 0 Å². The molecule has 3 heterocycles. The Morgan fingerprint density at radius 3 is 2.86 bits per heavy atom. The van der Waals surface area contributed by atoms with Crippen molar-refractivity contribution >= 4 is 38.7 Å². The molecule has 0 amide bonds. The molecule has 1 aliphatic heterocycles. The molecule has 0 spiro atoms. The molecule has 2 aromatic heterocycles. The highest BCUT2D eigenvalue weighted by molar-refractivity contribution is 7.91. The number of sulfonamides is 1. The third-order valence-electron chi connectivity index (χ3n) is 3.82. The number of hydrogen-bond donors (Lipinski definition) is 1. The van der Waals surface area contributed by atoms with Crippen molar-refractivity contribution in [3.63, 3.8) is 0 Å². The smallest absolute Gasteiger partial charge is 0.336 e. The zero-order valence-corrected chi connectivity index (χ0v) is 14.3. The molecule has 1 atom stereocenters. The predicted molar refractivity (Wildman–Crippen MR) is 86.2 cm³/mol. The molecule has 8 heteroatoms. The molecule has 3 rings (SSSR count). The van der Waals surface area contributed by atoms with Gasteiger partial charge in [-0.1, -0.05) is 6.92 Å². The third kappa shape index (κ3) is 2.50. The van der Waals surface area contributed by atoms with E-state index in [9.17, 15) is 13.2 Å². The molecule has 1 unspecified atom stereocenters. The van der Waals surface area contributed by atoms with Gasteiger partial charge < -0.3 is 5.11 Å². The number of carboxylic acids is 1. The van der Waals surface area contributed by atoms with Gasteiger partial charge in [-0.25, -0.2) is 13.2 Å². The molecule has 1 N–H and O–H groups in total. The van der Waals surface area contributed by atoms with Crippen LogP contribution in [-0.4, -0.2) is 30.3 Å². The molecule has 5 nitrogen and oxygen atoms in total. The summed E-state index contributed by atoms with van der Waals surface area (Å²) in [6, 6.07) is 3.07. The third-order valence-corrected chi connectivity index (χ3v) is 8.14. The van der Waals surface area contributed by atoms with Crippen LogP contribution in [0.3, 0.4) is 0 Å². The highest BCUT2D eigenvalue weighted by atomic mass is 32.2. The second-order valence-corrected chi connectivity index (χ2v) is 9.08. The molecule has 1 aliphatic rings. The molecule has 2 aromatic rings. The molecule has 22 heavy (non-hydrogen) atoms. The van der Waals surface area contributed by atoms with Crippen LogP contribution in [0.5, 0.6) is 0 Å². The van der Waals surface area contributed by atoms with Gasteiger partial charge in [0.2, 0.25) is 0 Å². The number of rotatable bonds is 4. The Kier molecular flexibility index (Phi) is 4.11. The van der Waals surface area contributed by atoms with Crippen molar-refractivity contribution in [3.05, 3.63) is 38.9 Å². The summed E-state index contributed by atoms with van der Waals surface area (Å²) in [6.45, 7) is 2.41. The first kappa shape index (κ1) is 15.7. The first-order valence-corrected chi connectivity index (χ1v) is 10.0. The Morgan fingerprint density at radius 2 is 2.23 bits per heavy atom. The van der Waals surface area contributed by atoms with Crippen LogP contribution in [-0.2, 0) is 16.4 Å². The Labute approximate surface area is 136 Å². The minimum atomic E-state index is -3.66. The van der Waals surface area contributed by atoms with Crippen molar-refractivity contribution in [1.29, 1.82) is 0 Å². The summed E-state index contributed by atoms with van der Waals surface area (Å²) < 4.78 is 27.4. The Morgan fingerprint density at radius 1 is 1.45 bits per heavy atom. The highest BCUT2D eigenvalue weighted by Gasteiger charge is 2.36. The van der Waals surface area contributed by atoms with Gasteiger partial charge in [0.1, 0.15) is 4.21 Å². The van der Waals surface area contributed by atoms with E-state index in [1.165, 1.54) is 20.6 Å². The van der Waals surface area contributed by atoms with Gasteiger partial charge in [0.05, 0.1) is 11.6 Å². The van der Waals surface area contributed by atoms with Crippen molar-refractivity contribution in [1.82, 2.24) is 4.31 Å². The lowest BCUT2D eigenvalue weighted by Crippen LogP contribution is -2.38. The van der Waals surface area contributed by atoms with E-state index in [-0.39, 0.29) is 15.8 Å². The van der Waals surface area contributed by atoms with E-state index in [2.05, 4.69) is 0 Å². The average Bonchev–Trinajstić information content (AvgIpc) is 3.14. The zero-order valence-electron chi connectivity index (χ0n) is 11.9. The largest absolute Gasteiger partial charge is 0.478 e. The van der Waals surface area contributed by atoms with Gasteiger partial charge in [-0.3, -0.25) is 0 Å². The first-order chi connectivity index (χ1) is 10.4. The fourth-order valence-corrected chi connectivity index (χ4v) is 6.65. The van der Waals surface area contributed by atoms with E-state index in [4.69, 9.17) is 5.11 Å². The van der Waals surface area contributed by atoms with Gasteiger partial charge >= 0.3 is 5.97 Å². The number of nitrogens with zero attached hydrogens (tertiary/aromatic N) is 1. The second kappa shape index (κ2) is 5.77. The van der Waals surface area contributed by atoms with Crippen LogP contribution in [0.4, 0.5) is 0 Å². The van der Waals surface area contributed by atoms with Crippen molar-refractivity contribution in [2.24, 2.45) is 0 Å². The maximum Gasteiger partial charge on any atom is 0.336 e. The van der Waals surface area contributed by atoms with E-state index in [1.54, 1.807) is 11.3 Å². The fourth-order valence-electron chi connectivity index (χ4n) is 2.76. The lowest BCUT2D eigenvalue weighted by molar-refractivity contribution is 0.0697. The summed E-state index contributed by atoms with van der Waals surface area (Å²) in [5, 5.41) is 12.3. The number of carbonyl (C=O) groups is 1. The molecular weight excluding hydrogens is 342 g/mol. The Bertz CT molecular complexity index is 806. The molecule has 0 bridgehead atoms. The standard InChI is InChI=1S/C14H15NO4S3/c1-2-11-10-4-6-20-12(10)3-5-15(11)22(18,19)13-7-9(8-21-13)14(16)17/h4,6-8,11H,2-3,5H2,1H3,(H,16,17). The fraction of sp³-hybridized carbons (Fsp3) is 0.357. The average molecular weight is 357 g/mol. The van der Waals surface area contributed by atoms with Crippen molar-refractivity contribution in [3.8, 4) is 0 Å². The summed E-state index contributed by atoms with van der Waals surface area (Å²) in [5.41, 5.74) is 1.10. The van der Waals surface area contributed by atoms with Crippen LogP contribution in [0.1, 0.15) is 40.2 Å². The lowest BCUT2D eigenvalue weighted by Gasteiger charge is -2.33. The number of thiophene rings is 2. The van der Waals surface area contributed by atoms with Gasteiger partial charge in [0, 0.05) is 16.8 Å². The van der Waals surface area contributed by atoms with Gasteiger partial charge in [0.25, 0.3) is 10.0 Å². The number of aromatic carboxylic acids is 1. The number of carboxylic acid groups (broad SMARTS) is 1. The second-order valence-electron chi connectivity index (χ2n) is 5.05. The number of fused-ring (bicyclic) bond motifs is 1. The lowest BCUT2D eigenvalue weighted by atomic mass is 10.0. The SMILES string of the molecule is CCC1c2ccsc2CCN1S(=O)(=O)c1cc(C(=O)O)cs1. The molecule has 0 saturated heterocycles. The van der Waals surface area contributed by atoms with E-state index in [1.807, 2.05) is 18.4 Å². The van der Waals surface area contributed by atoms with E-state index >= 15 is 0 Å². The highest BCUT2D eigenvalue weighted by Crippen LogP contribution is 2.39. The van der Waals surface area contributed by atoms with Crippen LogP contribution >= 0.6 is 22.7 Å². The summed E-state index contributed by atoms with van der Waals surface area (Å²) >= 11 is 2.63. The predicted octanol–water partition coefficient (Wildman–Crippen LogP) is 3.21. The summed E-state index contributed by atoms with van der Waals surface area (Å²) in [5.74, 6) is -1.11. The van der Waals surface area contributed by atoms with Gasteiger partial charge in [-0.2, -0.15) is 4.31 Å². The van der Waals surface area contributed by atoms with Crippen molar-refractivity contribution in [2.45, 2.75) is 30.0 Å². The molecule has 0 radical (unpaired) electrons. The van der Waals surface area contributed by atoms with Gasteiger partial charge in [0.15, 0.2) is 0 Å².